The lowest BCUT2D eigenvalue weighted by Gasteiger charge is -2.42. The lowest BCUT2D eigenvalue weighted by molar-refractivity contribution is -0.129. The van der Waals surface area contributed by atoms with Gasteiger partial charge in [0.25, 0.3) is 5.24 Å². The molecule has 0 N–H and O–H groups in total. The topological polar surface area (TPSA) is 81.1 Å². The number of rotatable bonds is 12. The maximum atomic E-state index is 14.3. The van der Waals surface area contributed by atoms with Gasteiger partial charge in [0, 0.05) is 18.0 Å². The summed E-state index contributed by atoms with van der Waals surface area (Å²) in [6, 6.07) is 40.6. The summed E-state index contributed by atoms with van der Waals surface area (Å²) in [6.45, 7) is 0.611. The second kappa shape index (κ2) is 14.1. The van der Waals surface area contributed by atoms with Crippen LogP contribution in [0.25, 0.3) is 0 Å². The van der Waals surface area contributed by atoms with E-state index >= 15 is 0 Å². The quantitative estimate of drug-likeness (QED) is 0.0646. The van der Waals surface area contributed by atoms with E-state index in [9.17, 15) is 9.59 Å². The highest BCUT2D eigenvalue weighted by atomic mass is 32.2. The molecule has 6 rings (SSSR count). The Morgan fingerprint density at radius 2 is 1.36 bits per heavy atom. The van der Waals surface area contributed by atoms with Crippen molar-refractivity contribution < 1.29 is 19.2 Å². The first-order valence-electron chi connectivity index (χ1n) is 14.6. The van der Waals surface area contributed by atoms with Crippen LogP contribution in [-0.4, -0.2) is 45.7 Å². The lowest BCUT2D eigenvalue weighted by atomic mass is 9.75. The number of imide groups is 1. The van der Waals surface area contributed by atoms with E-state index in [0.717, 1.165) is 39.6 Å². The van der Waals surface area contributed by atoms with Gasteiger partial charge in [-0.1, -0.05) is 126 Å². The fourth-order valence-electron chi connectivity index (χ4n) is 5.55. The number of thioether (sulfide) groups is 1. The number of nitrogens with zero attached hydrogens (tertiary/aromatic N) is 3. The molecule has 2 amide bonds. The van der Waals surface area contributed by atoms with E-state index in [1.165, 1.54) is 4.90 Å². The number of aromatic nitrogens is 1. The molecule has 7 nitrogen and oxygen atoms in total. The van der Waals surface area contributed by atoms with Crippen molar-refractivity contribution in [1.29, 1.82) is 0 Å². The highest BCUT2D eigenvalue weighted by Crippen LogP contribution is 2.47. The van der Waals surface area contributed by atoms with Crippen molar-refractivity contribution in [3.63, 3.8) is 0 Å². The monoisotopic (exact) mass is 613 g/mol. The van der Waals surface area contributed by atoms with Crippen molar-refractivity contribution in [1.82, 2.24) is 9.88 Å². The van der Waals surface area contributed by atoms with Crippen molar-refractivity contribution in [3.8, 4) is 5.75 Å². The van der Waals surface area contributed by atoms with Crippen LogP contribution >= 0.6 is 11.8 Å². The van der Waals surface area contributed by atoms with Gasteiger partial charge in [-0.3, -0.25) is 19.5 Å². The summed E-state index contributed by atoms with van der Waals surface area (Å²) in [4.78, 5) is 39.0. The number of carbonyl (C=O) groups excluding carboxylic acids is 2. The lowest BCUT2D eigenvalue weighted by Crippen LogP contribution is -2.51. The highest BCUT2D eigenvalue weighted by molar-refractivity contribution is 8.15. The molecule has 0 radical (unpaired) electrons. The molecule has 0 aliphatic carbocycles. The normalized spacial score (nSPS) is 15.0. The summed E-state index contributed by atoms with van der Waals surface area (Å²) in [5.41, 5.74) is 3.20. The van der Waals surface area contributed by atoms with E-state index in [1.807, 2.05) is 127 Å². The molecule has 5 aromatic rings. The number of amides is 2. The highest BCUT2D eigenvalue weighted by Gasteiger charge is 2.53. The molecule has 1 atom stereocenters. The Hall–Kier alpha value is -5.21. The number of hydrogen-bond donors (Lipinski definition) is 0. The molecular weight excluding hydrogens is 582 g/mol. The largest absolute Gasteiger partial charge is 0.490 e. The average molecular weight is 614 g/mol. The van der Waals surface area contributed by atoms with Crippen molar-refractivity contribution in [3.05, 3.63) is 168 Å². The Morgan fingerprint density at radius 3 is 1.91 bits per heavy atom. The Morgan fingerprint density at radius 1 is 0.756 bits per heavy atom. The first-order chi connectivity index (χ1) is 22.2. The number of benzene rings is 4. The van der Waals surface area contributed by atoms with Crippen molar-refractivity contribution in [2.75, 3.05) is 13.2 Å². The molecule has 0 spiro atoms. The van der Waals surface area contributed by atoms with Crippen LogP contribution in [0.3, 0.4) is 0 Å². The number of hydrogen-bond acceptors (Lipinski definition) is 7. The zero-order valence-corrected chi connectivity index (χ0v) is 25.3. The number of ether oxygens (including phenoxy) is 1. The molecule has 1 unspecified atom stereocenters. The second-order valence-electron chi connectivity index (χ2n) is 10.4. The molecule has 0 bridgehead atoms. The molecule has 0 saturated carbocycles. The number of carbonyl (C=O) groups is 2. The third-order valence-electron chi connectivity index (χ3n) is 7.58. The minimum atomic E-state index is -1.12. The molecule has 1 aromatic heterocycles. The third kappa shape index (κ3) is 6.51. The van der Waals surface area contributed by atoms with E-state index in [4.69, 9.17) is 9.57 Å². The van der Waals surface area contributed by atoms with Crippen LogP contribution in [0.1, 0.15) is 27.8 Å². The molecule has 1 aliphatic heterocycles. The Kier molecular flexibility index (Phi) is 9.32. The van der Waals surface area contributed by atoms with Crippen LogP contribution in [-0.2, 0) is 21.6 Å². The summed E-state index contributed by atoms with van der Waals surface area (Å²) in [6.07, 6.45) is 5.40. The molecule has 1 aliphatic rings. The summed E-state index contributed by atoms with van der Waals surface area (Å²) < 4.78 is 5.78. The van der Waals surface area contributed by atoms with Crippen LogP contribution in [0.4, 0.5) is 4.79 Å². The Balaban J connectivity index is 1.18. The van der Waals surface area contributed by atoms with Crippen LogP contribution in [0, 0.1) is 0 Å². The fraction of sp³-hybridized carbons (Fsp3) is 0.135. The van der Waals surface area contributed by atoms with Gasteiger partial charge in [0.1, 0.15) is 17.9 Å². The number of oxime groups is 1. The van der Waals surface area contributed by atoms with Crippen molar-refractivity contribution >= 4 is 29.1 Å². The van der Waals surface area contributed by atoms with Crippen LogP contribution in [0.15, 0.2) is 145 Å². The predicted molar refractivity (Wildman–Crippen MR) is 176 cm³/mol. The average Bonchev–Trinajstić information content (AvgIpc) is 3.38. The minimum Gasteiger partial charge on any atom is -0.490 e. The molecular formula is C37H31N3O4S. The standard InChI is InChI=1S/C37H31N3O4S/c41-35-34(25-28-18-20-33(21-19-28)43-23-24-44-39-27-29-11-10-22-38-26-29)45-36(42)40(35)37(30-12-4-1-5-13-30,31-14-6-2-7-15-31)32-16-8-3-9-17-32/h1-22,26-27,34H,23-25H2. The molecule has 1 fully saturated rings. The van der Waals surface area contributed by atoms with Crippen molar-refractivity contribution in [2.45, 2.75) is 17.2 Å². The van der Waals surface area contributed by atoms with Gasteiger partial charge in [-0.25, -0.2) is 0 Å². The van der Waals surface area contributed by atoms with E-state index in [2.05, 4.69) is 10.1 Å². The maximum absolute atomic E-state index is 14.3. The van der Waals surface area contributed by atoms with E-state index in [-0.39, 0.29) is 17.8 Å². The zero-order valence-electron chi connectivity index (χ0n) is 24.4. The van der Waals surface area contributed by atoms with Gasteiger partial charge < -0.3 is 9.57 Å². The smallest absolute Gasteiger partial charge is 0.290 e. The van der Waals surface area contributed by atoms with Gasteiger partial charge in [-0.05, 0) is 46.9 Å². The summed E-state index contributed by atoms with van der Waals surface area (Å²) in [5.74, 6) is 0.462. The zero-order chi connectivity index (χ0) is 30.9. The molecule has 45 heavy (non-hydrogen) atoms. The summed E-state index contributed by atoms with van der Waals surface area (Å²) in [5, 5.41) is 3.09. The van der Waals surface area contributed by atoms with Gasteiger partial charge in [-0.15, -0.1) is 0 Å². The first kappa shape index (κ1) is 29.8. The van der Waals surface area contributed by atoms with Gasteiger partial charge in [-0.2, -0.15) is 0 Å². The predicted octanol–water partition coefficient (Wildman–Crippen LogP) is 7.11. The Labute approximate surface area is 266 Å². The molecule has 4 aromatic carbocycles. The first-order valence-corrected chi connectivity index (χ1v) is 15.5. The molecule has 8 heteroatoms. The van der Waals surface area contributed by atoms with Crippen LogP contribution in [0.5, 0.6) is 5.75 Å². The van der Waals surface area contributed by atoms with Gasteiger partial charge in [0.2, 0.25) is 5.91 Å². The minimum absolute atomic E-state index is 0.217. The van der Waals surface area contributed by atoms with Crippen LogP contribution < -0.4 is 4.74 Å². The van der Waals surface area contributed by atoms with E-state index in [0.29, 0.717) is 18.8 Å². The molecule has 2 heterocycles. The SMILES string of the molecule is O=C1SC(Cc2ccc(OCCON=Cc3cccnc3)cc2)C(=O)N1C(c1ccccc1)(c1ccccc1)c1ccccc1. The van der Waals surface area contributed by atoms with E-state index in [1.54, 1.807) is 18.6 Å². The fourth-order valence-corrected chi connectivity index (χ4v) is 6.61. The van der Waals surface area contributed by atoms with Gasteiger partial charge in [0.05, 0.1) is 11.5 Å². The number of pyridine rings is 1. The summed E-state index contributed by atoms with van der Waals surface area (Å²) >= 11 is 1.08. The van der Waals surface area contributed by atoms with E-state index < -0.39 is 10.8 Å². The van der Waals surface area contributed by atoms with Crippen molar-refractivity contribution in [2.24, 2.45) is 5.16 Å². The van der Waals surface area contributed by atoms with Crippen LogP contribution in [0.2, 0.25) is 0 Å². The van der Waals surface area contributed by atoms with Gasteiger partial charge in [0.15, 0.2) is 6.61 Å². The molecule has 1 saturated heterocycles. The second-order valence-corrected chi connectivity index (χ2v) is 11.6. The maximum Gasteiger partial charge on any atom is 0.290 e. The third-order valence-corrected chi connectivity index (χ3v) is 8.62. The van der Waals surface area contributed by atoms with Gasteiger partial charge >= 0.3 is 0 Å². The Bertz CT molecular complexity index is 1640. The summed E-state index contributed by atoms with van der Waals surface area (Å²) in [7, 11) is 0. The molecule has 224 valence electrons.